The maximum atomic E-state index is 12.4. The van der Waals surface area contributed by atoms with Crippen LogP contribution in [-0.2, 0) is 21.4 Å². The molecule has 0 aromatic heterocycles. The molecule has 0 aliphatic rings. The summed E-state index contributed by atoms with van der Waals surface area (Å²) in [7, 11) is -3.65. The second kappa shape index (κ2) is 9.56. The number of carbonyl (C=O) groups excluding carboxylic acids is 1. The minimum atomic E-state index is -3.65. The van der Waals surface area contributed by atoms with Crippen LogP contribution in [0.15, 0.2) is 83.8 Å². The molecule has 0 radical (unpaired) electrons. The van der Waals surface area contributed by atoms with Gasteiger partial charge in [0, 0.05) is 17.3 Å². The molecule has 2 N–H and O–H groups in total. The van der Waals surface area contributed by atoms with Crippen molar-refractivity contribution in [2.75, 3.05) is 11.9 Å². The van der Waals surface area contributed by atoms with Gasteiger partial charge in [0.2, 0.25) is 10.0 Å². The standard InChI is InChI=1S/C21H19ClN2O4S/c22-17-7-4-8-18(13-17)24-21(25)15-28-19-9-11-20(12-10-19)29(26,27)23-14-16-5-2-1-3-6-16/h1-13,23H,14-15H2,(H,24,25). The molecule has 0 bridgehead atoms. The molecule has 0 fully saturated rings. The van der Waals surface area contributed by atoms with Gasteiger partial charge in [-0.1, -0.05) is 48.0 Å². The molecule has 0 saturated carbocycles. The van der Waals surface area contributed by atoms with Crippen LogP contribution in [0.4, 0.5) is 5.69 Å². The monoisotopic (exact) mass is 430 g/mol. The smallest absolute Gasteiger partial charge is 0.262 e. The molecule has 3 aromatic carbocycles. The lowest BCUT2D eigenvalue weighted by molar-refractivity contribution is -0.118. The maximum Gasteiger partial charge on any atom is 0.262 e. The zero-order chi connectivity index (χ0) is 20.7. The van der Waals surface area contributed by atoms with Crippen LogP contribution in [0, 0.1) is 0 Å². The molecule has 150 valence electrons. The minimum Gasteiger partial charge on any atom is -0.484 e. The Balaban J connectivity index is 1.53. The summed E-state index contributed by atoms with van der Waals surface area (Å²) in [6, 6.07) is 21.9. The Labute approximate surface area is 174 Å². The Morgan fingerprint density at radius 2 is 1.66 bits per heavy atom. The summed E-state index contributed by atoms with van der Waals surface area (Å²) in [5.74, 6) is 0.0294. The van der Waals surface area contributed by atoms with E-state index in [0.29, 0.717) is 16.5 Å². The molecule has 0 unspecified atom stereocenters. The van der Waals surface area contributed by atoms with Gasteiger partial charge in [0.25, 0.3) is 5.91 Å². The van der Waals surface area contributed by atoms with E-state index in [0.717, 1.165) is 5.56 Å². The molecule has 29 heavy (non-hydrogen) atoms. The summed E-state index contributed by atoms with van der Waals surface area (Å²) in [5, 5.41) is 3.18. The number of hydrogen-bond donors (Lipinski definition) is 2. The van der Waals surface area contributed by atoms with Gasteiger partial charge in [-0.3, -0.25) is 4.79 Å². The molecule has 0 heterocycles. The van der Waals surface area contributed by atoms with Gasteiger partial charge in [0.15, 0.2) is 6.61 Å². The Kier molecular flexibility index (Phi) is 6.87. The van der Waals surface area contributed by atoms with E-state index in [4.69, 9.17) is 16.3 Å². The van der Waals surface area contributed by atoms with E-state index in [1.807, 2.05) is 30.3 Å². The number of rotatable bonds is 8. The fraction of sp³-hybridized carbons (Fsp3) is 0.0952. The van der Waals surface area contributed by atoms with E-state index >= 15 is 0 Å². The van der Waals surface area contributed by atoms with Crippen LogP contribution in [0.1, 0.15) is 5.56 Å². The molecule has 1 amide bonds. The Morgan fingerprint density at radius 3 is 2.34 bits per heavy atom. The van der Waals surface area contributed by atoms with E-state index in [2.05, 4.69) is 10.0 Å². The second-order valence-corrected chi connectivity index (χ2v) is 8.33. The van der Waals surface area contributed by atoms with E-state index in [1.165, 1.54) is 24.3 Å². The average molecular weight is 431 g/mol. The molecule has 0 aliphatic carbocycles. The first-order valence-corrected chi connectivity index (χ1v) is 10.6. The van der Waals surface area contributed by atoms with Crippen LogP contribution >= 0.6 is 11.6 Å². The van der Waals surface area contributed by atoms with Gasteiger partial charge in [-0.25, -0.2) is 13.1 Å². The molecule has 0 spiro atoms. The molecule has 6 nitrogen and oxygen atoms in total. The zero-order valence-corrected chi connectivity index (χ0v) is 16.9. The first-order valence-electron chi connectivity index (χ1n) is 8.74. The maximum absolute atomic E-state index is 12.4. The predicted octanol–water partition coefficient (Wildman–Crippen LogP) is 3.84. The number of carbonyl (C=O) groups is 1. The predicted molar refractivity (Wildman–Crippen MR) is 112 cm³/mol. The van der Waals surface area contributed by atoms with Crippen LogP contribution < -0.4 is 14.8 Å². The number of anilines is 1. The highest BCUT2D eigenvalue weighted by Crippen LogP contribution is 2.17. The van der Waals surface area contributed by atoms with E-state index in [1.54, 1.807) is 24.3 Å². The van der Waals surface area contributed by atoms with Gasteiger partial charge >= 0.3 is 0 Å². The fourth-order valence-electron chi connectivity index (χ4n) is 2.48. The molecule has 0 aliphatic heterocycles. The lowest BCUT2D eigenvalue weighted by Crippen LogP contribution is -2.23. The topological polar surface area (TPSA) is 84.5 Å². The van der Waals surface area contributed by atoms with Crippen LogP contribution in [-0.4, -0.2) is 20.9 Å². The normalized spacial score (nSPS) is 11.1. The number of halogens is 1. The van der Waals surface area contributed by atoms with Gasteiger partial charge in [-0.05, 0) is 48.0 Å². The van der Waals surface area contributed by atoms with Crippen molar-refractivity contribution < 1.29 is 17.9 Å². The van der Waals surface area contributed by atoms with Crippen LogP contribution in [0.3, 0.4) is 0 Å². The first-order chi connectivity index (χ1) is 13.9. The van der Waals surface area contributed by atoms with Gasteiger partial charge in [-0.15, -0.1) is 0 Å². The van der Waals surface area contributed by atoms with Crippen molar-refractivity contribution >= 4 is 33.2 Å². The van der Waals surface area contributed by atoms with Crippen molar-refractivity contribution in [3.05, 3.63) is 89.4 Å². The number of amides is 1. The zero-order valence-electron chi connectivity index (χ0n) is 15.3. The molecule has 0 saturated heterocycles. The Hall–Kier alpha value is -2.87. The number of nitrogens with one attached hydrogen (secondary N) is 2. The number of sulfonamides is 1. The molecular formula is C21H19ClN2O4S. The number of ether oxygens (including phenoxy) is 1. The third-order valence-electron chi connectivity index (χ3n) is 3.92. The van der Waals surface area contributed by atoms with Crippen molar-refractivity contribution in [2.45, 2.75) is 11.4 Å². The van der Waals surface area contributed by atoms with E-state index in [-0.39, 0.29) is 24.0 Å². The highest BCUT2D eigenvalue weighted by molar-refractivity contribution is 7.89. The van der Waals surface area contributed by atoms with Crippen LogP contribution in [0.2, 0.25) is 5.02 Å². The van der Waals surface area contributed by atoms with Gasteiger partial charge in [0.1, 0.15) is 5.75 Å². The summed E-state index contributed by atoms with van der Waals surface area (Å²) >= 11 is 5.87. The third kappa shape index (κ3) is 6.32. The summed E-state index contributed by atoms with van der Waals surface area (Å²) in [5.41, 5.74) is 1.43. The van der Waals surface area contributed by atoms with Crippen molar-refractivity contribution in [3.63, 3.8) is 0 Å². The molecule has 3 aromatic rings. The van der Waals surface area contributed by atoms with Crippen LogP contribution in [0.25, 0.3) is 0 Å². The van der Waals surface area contributed by atoms with Crippen LogP contribution in [0.5, 0.6) is 5.75 Å². The molecular weight excluding hydrogens is 412 g/mol. The quantitative estimate of drug-likeness (QED) is 0.568. The molecule has 8 heteroatoms. The summed E-state index contributed by atoms with van der Waals surface area (Å²) in [6.07, 6.45) is 0. The fourth-order valence-corrected chi connectivity index (χ4v) is 3.69. The van der Waals surface area contributed by atoms with Gasteiger partial charge in [-0.2, -0.15) is 0 Å². The summed E-state index contributed by atoms with van der Waals surface area (Å²) in [4.78, 5) is 12.1. The SMILES string of the molecule is O=C(COc1ccc(S(=O)(=O)NCc2ccccc2)cc1)Nc1cccc(Cl)c1. The Bertz CT molecular complexity index is 1070. The van der Waals surface area contributed by atoms with Crippen molar-refractivity contribution in [3.8, 4) is 5.75 Å². The minimum absolute atomic E-state index is 0.115. The Morgan fingerprint density at radius 1 is 0.931 bits per heavy atom. The van der Waals surface area contributed by atoms with E-state index < -0.39 is 10.0 Å². The van der Waals surface area contributed by atoms with Crippen molar-refractivity contribution in [1.29, 1.82) is 0 Å². The van der Waals surface area contributed by atoms with Crippen molar-refractivity contribution in [2.24, 2.45) is 0 Å². The molecule has 3 rings (SSSR count). The largest absolute Gasteiger partial charge is 0.484 e. The lowest BCUT2D eigenvalue weighted by Gasteiger charge is -2.10. The van der Waals surface area contributed by atoms with Gasteiger partial charge in [0.05, 0.1) is 4.90 Å². The highest BCUT2D eigenvalue weighted by Gasteiger charge is 2.14. The summed E-state index contributed by atoms with van der Waals surface area (Å²) in [6.45, 7) is -0.0179. The highest BCUT2D eigenvalue weighted by atomic mass is 35.5. The molecule has 0 atom stereocenters. The first kappa shape index (κ1) is 20.9. The average Bonchev–Trinajstić information content (AvgIpc) is 2.72. The van der Waals surface area contributed by atoms with Gasteiger partial charge < -0.3 is 10.1 Å². The number of benzene rings is 3. The van der Waals surface area contributed by atoms with E-state index in [9.17, 15) is 13.2 Å². The second-order valence-electron chi connectivity index (χ2n) is 6.13. The van der Waals surface area contributed by atoms with Crippen molar-refractivity contribution in [1.82, 2.24) is 4.72 Å². The lowest BCUT2D eigenvalue weighted by atomic mass is 10.2. The summed E-state index contributed by atoms with van der Waals surface area (Å²) < 4.78 is 32.7. The third-order valence-corrected chi connectivity index (χ3v) is 5.57. The number of hydrogen-bond acceptors (Lipinski definition) is 4.